The van der Waals surface area contributed by atoms with E-state index in [4.69, 9.17) is 24.4 Å². The molecule has 3 aromatic rings. The molecule has 0 radical (unpaired) electrons. The summed E-state index contributed by atoms with van der Waals surface area (Å²) >= 11 is 0. The van der Waals surface area contributed by atoms with E-state index in [0.717, 1.165) is 11.1 Å². The number of ether oxygens (including phenoxy) is 3. The maximum atomic E-state index is 12.3. The first-order chi connectivity index (χ1) is 15.0. The van der Waals surface area contributed by atoms with Crippen LogP contribution in [0.4, 0.5) is 0 Å². The smallest absolute Gasteiger partial charge is 0.349 e. The summed E-state index contributed by atoms with van der Waals surface area (Å²) in [7, 11) is 0. The maximum Gasteiger partial charge on any atom is 0.349 e. The molecule has 0 bridgehead atoms. The van der Waals surface area contributed by atoms with Gasteiger partial charge >= 0.3 is 5.97 Å². The zero-order chi connectivity index (χ0) is 22.0. The molecule has 2 N–H and O–H groups in total. The van der Waals surface area contributed by atoms with E-state index in [1.54, 1.807) is 30.3 Å². The van der Waals surface area contributed by atoms with Gasteiger partial charge in [0.25, 0.3) is 0 Å². The van der Waals surface area contributed by atoms with Crippen LogP contribution in [0, 0.1) is 25.2 Å². The van der Waals surface area contributed by atoms with Crippen molar-refractivity contribution in [2.45, 2.75) is 19.8 Å². The monoisotopic (exact) mass is 416 g/mol. The van der Waals surface area contributed by atoms with E-state index < -0.39 is 11.9 Å². The molecule has 1 aliphatic heterocycles. The lowest BCUT2D eigenvalue weighted by Crippen LogP contribution is -2.21. The minimum atomic E-state index is -0.553. The second-order valence-corrected chi connectivity index (χ2v) is 7.12. The summed E-state index contributed by atoms with van der Waals surface area (Å²) in [6.45, 7) is 3.59. The van der Waals surface area contributed by atoms with E-state index in [9.17, 15) is 10.1 Å². The van der Waals surface area contributed by atoms with Gasteiger partial charge in [-0.1, -0.05) is 24.3 Å². The Morgan fingerprint density at radius 3 is 2.61 bits per heavy atom. The van der Waals surface area contributed by atoms with E-state index in [2.05, 4.69) is 6.07 Å². The number of carbonyl (C=O) groups excluding carboxylic acids is 1. The number of hydrogen-bond acceptors (Lipinski definition) is 7. The van der Waals surface area contributed by atoms with Crippen LogP contribution in [0.2, 0.25) is 0 Å². The molecule has 1 unspecified atom stereocenters. The Balaban J connectivity index is 1.52. The first-order valence-electron chi connectivity index (χ1n) is 9.62. The van der Waals surface area contributed by atoms with Crippen molar-refractivity contribution in [2.24, 2.45) is 5.73 Å². The third-order valence-electron chi connectivity index (χ3n) is 4.99. The van der Waals surface area contributed by atoms with Gasteiger partial charge in [-0.15, -0.1) is 0 Å². The second-order valence-electron chi connectivity index (χ2n) is 7.12. The van der Waals surface area contributed by atoms with Crippen molar-refractivity contribution in [3.05, 3.63) is 88.7 Å². The van der Waals surface area contributed by atoms with Crippen LogP contribution in [0.1, 0.15) is 28.4 Å². The normalized spacial score (nSPS) is 14.9. The number of carbonyl (C=O) groups is 1. The van der Waals surface area contributed by atoms with Gasteiger partial charge < -0.3 is 24.4 Å². The number of nitrogens with zero attached hydrogens (tertiary/aromatic N) is 1. The molecule has 7 nitrogen and oxygen atoms in total. The molecule has 1 aliphatic rings. The molecule has 4 rings (SSSR count). The Kier molecular flexibility index (Phi) is 5.37. The van der Waals surface area contributed by atoms with Gasteiger partial charge in [-0.3, -0.25) is 0 Å². The van der Waals surface area contributed by atoms with E-state index >= 15 is 0 Å². The SMILES string of the molecule is Cc1cccc(C)c1OCC(=O)Oc1ccc2c(c1)OC(N)=C(C#N)C2c1ccco1. The molecule has 0 fully saturated rings. The Hall–Kier alpha value is -4.18. The third-order valence-corrected chi connectivity index (χ3v) is 4.99. The fourth-order valence-electron chi connectivity index (χ4n) is 3.57. The highest BCUT2D eigenvalue weighted by Gasteiger charge is 2.32. The number of benzene rings is 2. The van der Waals surface area contributed by atoms with Crippen LogP contribution in [0.5, 0.6) is 17.2 Å². The number of para-hydroxylation sites is 1. The number of hydrogen-bond donors (Lipinski definition) is 1. The zero-order valence-electron chi connectivity index (χ0n) is 17.0. The largest absolute Gasteiger partial charge is 0.481 e. The van der Waals surface area contributed by atoms with Gasteiger partial charge in [-0.25, -0.2) is 4.79 Å². The number of nitriles is 1. The van der Waals surface area contributed by atoms with Crippen LogP contribution in [-0.4, -0.2) is 12.6 Å². The molecule has 0 saturated carbocycles. The van der Waals surface area contributed by atoms with E-state index in [1.807, 2.05) is 32.0 Å². The Morgan fingerprint density at radius 2 is 1.94 bits per heavy atom. The molecule has 156 valence electrons. The lowest BCUT2D eigenvalue weighted by Gasteiger charge is -2.25. The number of aryl methyl sites for hydroxylation is 2. The van der Waals surface area contributed by atoms with Gasteiger partial charge in [0.15, 0.2) is 6.61 Å². The van der Waals surface area contributed by atoms with Gasteiger partial charge in [0, 0.05) is 11.6 Å². The molecule has 2 aromatic carbocycles. The average Bonchev–Trinajstić information content (AvgIpc) is 3.26. The minimum Gasteiger partial charge on any atom is -0.481 e. The first kappa shape index (κ1) is 20.1. The summed E-state index contributed by atoms with van der Waals surface area (Å²) in [5.41, 5.74) is 8.78. The summed E-state index contributed by atoms with van der Waals surface area (Å²) in [5.74, 6) is 0.827. The van der Waals surface area contributed by atoms with Crippen molar-refractivity contribution in [2.75, 3.05) is 6.61 Å². The molecule has 0 spiro atoms. The predicted octanol–water partition coefficient (Wildman–Crippen LogP) is 4.10. The average molecular weight is 416 g/mol. The number of nitrogens with two attached hydrogens (primary N) is 1. The summed E-state index contributed by atoms with van der Waals surface area (Å²) in [4.78, 5) is 12.3. The molecule has 1 atom stereocenters. The van der Waals surface area contributed by atoms with Gasteiger partial charge in [0.1, 0.15) is 34.7 Å². The molecule has 0 saturated heterocycles. The van der Waals surface area contributed by atoms with Crippen LogP contribution in [0.15, 0.2) is 70.7 Å². The predicted molar refractivity (Wildman–Crippen MR) is 111 cm³/mol. The van der Waals surface area contributed by atoms with Gasteiger partial charge in [0.2, 0.25) is 5.88 Å². The Morgan fingerprint density at radius 1 is 1.16 bits per heavy atom. The van der Waals surface area contributed by atoms with Gasteiger partial charge in [-0.05, 0) is 43.2 Å². The third kappa shape index (κ3) is 3.96. The Bertz CT molecular complexity index is 1180. The van der Waals surface area contributed by atoms with Crippen LogP contribution in [0.25, 0.3) is 0 Å². The van der Waals surface area contributed by atoms with Crippen molar-refractivity contribution >= 4 is 5.97 Å². The molecular weight excluding hydrogens is 396 g/mol. The summed E-state index contributed by atoms with van der Waals surface area (Å²) in [6, 6.07) is 16.3. The van der Waals surface area contributed by atoms with Crippen LogP contribution in [-0.2, 0) is 4.79 Å². The van der Waals surface area contributed by atoms with Crippen LogP contribution >= 0.6 is 0 Å². The topological polar surface area (TPSA) is 108 Å². The standard InChI is InChI=1S/C24H20N2O5/c1-14-5-3-6-15(2)23(14)29-13-21(27)30-16-8-9-17-20(11-16)31-24(26)18(12-25)22(17)19-7-4-10-28-19/h3-11,22H,13,26H2,1-2H3. The number of fused-ring (bicyclic) bond motifs is 1. The Labute approximate surface area is 179 Å². The maximum absolute atomic E-state index is 12.3. The number of rotatable bonds is 5. The molecule has 0 aliphatic carbocycles. The van der Waals surface area contributed by atoms with Gasteiger partial charge in [0.05, 0.1) is 12.2 Å². The van der Waals surface area contributed by atoms with Crippen molar-refractivity contribution in [3.8, 4) is 23.3 Å². The zero-order valence-corrected chi connectivity index (χ0v) is 17.0. The number of furan rings is 1. The van der Waals surface area contributed by atoms with Crippen LogP contribution in [0.3, 0.4) is 0 Å². The van der Waals surface area contributed by atoms with Crippen molar-refractivity contribution in [3.63, 3.8) is 0 Å². The summed E-state index contributed by atoms with van der Waals surface area (Å²) < 4.78 is 22.2. The fraction of sp³-hybridized carbons (Fsp3) is 0.167. The van der Waals surface area contributed by atoms with Crippen molar-refractivity contribution in [1.82, 2.24) is 0 Å². The van der Waals surface area contributed by atoms with Gasteiger partial charge in [-0.2, -0.15) is 5.26 Å². The highest BCUT2D eigenvalue weighted by molar-refractivity contribution is 5.74. The van der Waals surface area contributed by atoms with Crippen molar-refractivity contribution < 1.29 is 23.4 Å². The lowest BCUT2D eigenvalue weighted by molar-refractivity contribution is -0.136. The van der Waals surface area contributed by atoms with E-state index in [0.29, 0.717) is 22.8 Å². The van der Waals surface area contributed by atoms with Crippen molar-refractivity contribution in [1.29, 1.82) is 5.26 Å². The highest BCUT2D eigenvalue weighted by Crippen LogP contribution is 2.43. The molecule has 31 heavy (non-hydrogen) atoms. The molecule has 1 aromatic heterocycles. The highest BCUT2D eigenvalue weighted by atomic mass is 16.6. The lowest BCUT2D eigenvalue weighted by atomic mass is 9.87. The molecule has 2 heterocycles. The fourth-order valence-corrected chi connectivity index (χ4v) is 3.57. The summed E-state index contributed by atoms with van der Waals surface area (Å²) in [5, 5.41) is 9.53. The molecule has 7 heteroatoms. The first-order valence-corrected chi connectivity index (χ1v) is 9.62. The quantitative estimate of drug-likeness (QED) is 0.493. The minimum absolute atomic E-state index is 0.0155. The molecule has 0 amide bonds. The molecular formula is C24H20N2O5. The number of allylic oxidation sites excluding steroid dienone is 1. The van der Waals surface area contributed by atoms with E-state index in [1.165, 1.54) is 6.26 Å². The number of esters is 1. The second kappa shape index (κ2) is 8.28. The van der Waals surface area contributed by atoms with Crippen LogP contribution < -0.4 is 19.9 Å². The summed E-state index contributed by atoms with van der Waals surface area (Å²) in [6.07, 6.45) is 1.53. The van der Waals surface area contributed by atoms with E-state index in [-0.39, 0.29) is 23.8 Å².